The minimum Gasteiger partial charge on any atom is -0.362 e. The van der Waals surface area contributed by atoms with Crippen LogP contribution in [-0.2, 0) is 14.4 Å². The third kappa shape index (κ3) is 4.97. The Morgan fingerprint density at radius 3 is 2.48 bits per heavy atom. The number of hydrogen-bond acceptors (Lipinski definition) is 4. The van der Waals surface area contributed by atoms with Gasteiger partial charge in [0.2, 0.25) is 17.7 Å². The Labute approximate surface area is 136 Å². The lowest BCUT2D eigenvalue weighted by Crippen LogP contribution is -2.53. The van der Waals surface area contributed by atoms with Crippen molar-refractivity contribution in [1.29, 1.82) is 0 Å². The summed E-state index contributed by atoms with van der Waals surface area (Å²) in [7, 11) is 0. The van der Waals surface area contributed by atoms with Gasteiger partial charge < -0.3 is 20.9 Å². The monoisotopic (exact) mass is 322 g/mol. The molecule has 2 saturated heterocycles. The molecule has 0 saturated carbocycles. The van der Waals surface area contributed by atoms with Crippen LogP contribution in [0.25, 0.3) is 0 Å². The molecule has 1 unspecified atom stereocenters. The van der Waals surface area contributed by atoms with Gasteiger partial charge in [-0.25, -0.2) is 0 Å². The van der Waals surface area contributed by atoms with Crippen molar-refractivity contribution in [3.63, 3.8) is 0 Å². The molecule has 3 N–H and O–H groups in total. The number of hydrogen-bond donors (Lipinski definition) is 3. The van der Waals surface area contributed by atoms with E-state index in [9.17, 15) is 14.4 Å². The largest absolute Gasteiger partial charge is 0.362 e. The van der Waals surface area contributed by atoms with Crippen molar-refractivity contribution >= 4 is 17.7 Å². The molecular weight excluding hydrogens is 296 g/mol. The second-order valence-corrected chi connectivity index (χ2v) is 5.96. The normalized spacial score (nSPS) is 25.6. The molecule has 2 rings (SSSR count). The Bertz CT molecular complexity index is 490. The highest BCUT2D eigenvalue weighted by Crippen LogP contribution is 2.22. The number of nitrogens with zero attached hydrogens (tertiary/aromatic N) is 1. The molecule has 2 aliphatic rings. The lowest BCUT2D eigenvalue weighted by molar-refractivity contribution is -0.130. The van der Waals surface area contributed by atoms with Crippen molar-refractivity contribution < 1.29 is 14.4 Å². The van der Waals surface area contributed by atoms with Crippen LogP contribution in [0.2, 0.25) is 0 Å². The molecule has 23 heavy (non-hydrogen) atoms. The van der Waals surface area contributed by atoms with Crippen LogP contribution < -0.4 is 16.0 Å². The summed E-state index contributed by atoms with van der Waals surface area (Å²) in [5, 5.41) is 8.02. The van der Waals surface area contributed by atoms with E-state index in [1.165, 1.54) is 0 Å². The summed E-state index contributed by atoms with van der Waals surface area (Å²) < 4.78 is 0. The maximum absolute atomic E-state index is 12.4. The van der Waals surface area contributed by atoms with Gasteiger partial charge in [0.1, 0.15) is 6.04 Å². The van der Waals surface area contributed by atoms with E-state index < -0.39 is 0 Å². The topological polar surface area (TPSA) is 90.5 Å². The first-order valence-corrected chi connectivity index (χ1v) is 8.38. The quantitative estimate of drug-likeness (QED) is 0.661. The first kappa shape index (κ1) is 17.3. The van der Waals surface area contributed by atoms with Crippen LogP contribution in [0.15, 0.2) is 11.8 Å². The molecule has 0 aliphatic carbocycles. The van der Waals surface area contributed by atoms with Gasteiger partial charge >= 0.3 is 0 Å². The first-order valence-electron chi connectivity index (χ1n) is 8.38. The third-order valence-electron chi connectivity index (χ3n) is 4.18. The second-order valence-electron chi connectivity index (χ2n) is 5.96. The van der Waals surface area contributed by atoms with Crippen LogP contribution in [0.5, 0.6) is 0 Å². The van der Waals surface area contributed by atoms with Gasteiger partial charge in [0, 0.05) is 12.2 Å². The van der Waals surface area contributed by atoms with Gasteiger partial charge in [-0.1, -0.05) is 19.4 Å². The number of amides is 3. The fourth-order valence-electron chi connectivity index (χ4n) is 2.93. The molecule has 7 nitrogen and oxygen atoms in total. The van der Waals surface area contributed by atoms with Crippen molar-refractivity contribution in [1.82, 2.24) is 20.9 Å². The lowest BCUT2D eigenvalue weighted by atomic mass is 10.00. The molecule has 0 aromatic heterocycles. The van der Waals surface area contributed by atoms with Gasteiger partial charge in [0.05, 0.1) is 19.6 Å². The fourth-order valence-corrected chi connectivity index (χ4v) is 2.93. The number of rotatable bonds is 2. The van der Waals surface area contributed by atoms with Crippen molar-refractivity contribution in [2.24, 2.45) is 0 Å². The molecule has 0 radical (unpaired) electrons. The number of unbranched alkanes of at least 4 members (excludes halogenated alkanes) is 1. The van der Waals surface area contributed by atoms with Crippen molar-refractivity contribution in [3.8, 4) is 0 Å². The van der Waals surface area contributed by atoms with E-state index in [-0.39, 0.29) is 36.9 Å². The van der Waals surface area contributed by atoms with Crippen LogP contribution >= 0.6 is 0 Å². The van der Waals surface area contributed by atoms with Crippen molar-refractivity contribution in [2.75, 3.05) is 26.2 Å². The number of carbonyl (C=O) groups excluding carboxylic acids is 3. The standard InChI is InChI=1S/C16H26N4O3/c1-2-3-6-12-9-17-14(21)10-18-15(22)11-19-16(23)13-7-4-5-8-20(12)13/h6,13H,2-5,7-11H2,1H3,(H,17,21)(H,18,22)(H,19,23)/b12-6+. The summed E-state index contributed by atoms with van der Waals surface area (Å²) in [6.07, 6.45) is 6.82. The Morgan fingerprint density at radius 2 is 1.74 bits per heavy atom. The molecule has 1 atom stereocenters. The zero-order valence-electron chi connectivity index (χ0n) is 13.7. The number of nitrogens with one attached hydrogen (secondary N) is 3. The van der Waals surface area contributed by atoms with Gasteiger partial charge in [0.25, 0.3) is 0 Å². The predicted octanol–water partition coefficient (Wildman–Crippen LogP) is -0.113. The smallest absolute Gasteiger partial charge is 0.243 e. The molecule has 0 spiro atoms. The van der Waals surface area contributed by atoms with Gasteiger partial charge in [-0.3, -0.25) is 14.4 Å². The van der Waals surface area contributed by atoms with Gasteiger partial charge in [-0.2, -0.15) is 0 Å². The summed E-state index contributed by atoms with van der Waals surface area (Å²) in [4.78, 5) is 38.0. The average molecular weight is 322 g/mol. The van der Waals surface area contributed by atoms with Gasteiger partial charge in [-0.05, 0) is 25.7 Å². The summed E-state index contributed by atoms with van der Waals surface area (Å²) in [6.45, 7) is 3.12. The lowest BCUT2D eigenvalue weighted by Gasteiger charge is -2.38. The van der Waals surface area contributed by atoms with E-state index in [1.807, 2.05) is 0 Å². The summed E-state index contributed by atoms with van der Waals surface area (Å²) in [5.74, 6) is -0.687. The third-order valence-corrected chi connectivity index (χ3v) is 4.18. The molecule has 2 fully saturated rings. The number of fused-ring (bicyclic) bond motifs is 1. The maximum atomic E-state index is 12.4. The molecule has 2 heterocycles. The highest BCUT2D eigenvalue weighted by molar-refractivity contribution is 5.90. The first-order chi connectivity index (χ1) is 11.1. The average Bonchev–Trinajstić information content (AvgIpc) is 2.57. The maximum Gasteiger partial charge on any atom is 0.243 e. The van der Waals surface area contributed by atoms with E-state index in [0.717, 1.165) is 44.3 Å². The summed E-state index contributed by atoms with van der Waals surface area (Å²) >= 11 is 0. The minimum atomic E-state index is -0.349. The number of allylic oxidation sites excluding steroid dienone is 1. The van der Waals surface area contributed by atoms with E-state index >= 15 is 0 Å². The van der Waals surface area contributed by atoms with Crippen LogP contribution in [0.4, 0.5) is 0 Å². The van der Waals surface area contributed by atoms with E-state index in [4.69, 9.17) is 0 Å². The van der Waals surface area contributed by atoms with Crippen molar-refractivity contribution in [3.05, 3.63) is 11.8 Å². The summed E-state index contributed by atoms with van der Waals surface area (Å²) in [6, 6.07) is -0.268. The minimum absolute atomic E-state index is 0.0702. The zero-order chi connectivity index (χ0) is 16.7. The van der Waals surface area contributed by atoms with Crippen LogP contribution in [0, 0.1) is 0 Å². The van der Waals surface area contributed by atoms with E-state index in [2.05, 4.69) is 33.9 Å². The predicted molar refractivity (Wildman–Crippen MR) is 86.4 cm³/mol. The Balaban J connectivity index is 2.21. The van der Waals surface area contributed by atoms with E-state index in [0.29, 0.717) is 6.54 Å². The Hall–Kier alpha value is -2.05. The van der Waals surface area contributed by atoms with Crippen LogP contribution in [0.1, 0.15) is 39.0 Å². The molecule has 128 valence electrons. The summed E-state index contributed by atoms with van der Waals surface area (Å²) in [5.41, 5.74) is 0.993. The molecule has 2 aliphatic heterocycles. The molecule has 0 aromatic rings. The molecule has 3 amide bonds. The Kier molecular flexibility index (Phi) is 6.43. The number of carbonyl (C=O) groups is 3. The van der Waals surface area contributed by atoms with Crippen molar-refractivity contribution in [2.45, 2.75) is 45.1 Å². The van der Waals surface area contributed by atoms with Gasteiger partial charge in [-0.15, -0.1) is 0 Å². The van der Waals surface area contributed by atoms with Crippen LogP contribution in [-0.4, -0.2) is 54.8 Å². The number of piperidine rings is 1. The fraction of sp³-hybridized carbons (Fsp3) is 0.688. The zero-order valence-corrected chi connectivity index (χ0v) is 13.7. The second kappa shape index (κ2) is 8.55. The van der Waals surface area contributed by atoms with Crippen LogP contribution in [0.3, 0.4) is 0 Å². The van der Waals surface area contributed by atoms with E-state index in [1.54, 1.807) is 0 Å². The molecule has 7 heteroatoms. The highest BCUT2D eigenvalue weighted by Gasteiger charge is 2.30. The SMILES string of the molecule is CCC/C=C1\CNC(=O)CNC(=O)CNC(=O)C2CCCCN12. The Morgan fingerprint density at radius 1 is 1.04 bits per heavy atom. The molecule has 0 aromatic carbocycles. The molecule has 0 bridgehead atoms. The highest BCUT2D eigenvalue weighted by atomic mass is 16.2. The molecular formula is C16H26N4O3. The van der Waals surface area contributed by atoms with Gasteiger partial charge in [0.15, 0.2) is 0 Å².